The molecule has 1 aromatic rings. The van der Waals surface area contributed by atoms with Gasteiger partial charge < -0.3 is 14.6 Å². The van der Waals surface area contributed by atoms with E-state index in [1.165, 1.54) is 30.8 Å². The summed E-state index contributed by atoms with van der Waals surface area (Å²) in [6, 6.07) is 0.597. The molecule has 0 amide bonds. The number of hydrogen-bond donors (Lipinski definition) is 1. The maximum absolute atomic E-state index is 6.13. The van der Waals surface area contributed by atoms with E-state index in [1.807, 2.05) is 11.6 Å². The third-order valence-corrected chi connectivity index (χ3v) is 5.47. The first-order chi connectivity index (χ1) is 9.77. The van der Waals surface area contributed by atoms with Crippen LogP contribution < -0.4 is 5.32 Å². The Bertz CT molecular complexity index is 425. The molecule has 112 valence electrons. The number of ether oxygens (including phenoxy) is 1. The Morgan fingerprint density at radius 1 is 1.50 bits per heavy atom. The summed E-state index contributed by atoms with van der Waals surface area (Å²) in [5, 5.41) is 11.7. The fraction of sp³-hybridized carbons (Fsp3) is 0.857. The predicted molar refractivity (Wildman–Crippen MR) is 81.0 cm³/mol. The average molecular weight is 296 g/mol. The Hall–Kier alpha value is -0.590. The third kappa shape index (κ3) is 3.35. The predicted octanol–water partition coefficient (Wildman–Crippen LogP) is 1.39. The van der Waals surface area contributed by atoms with Gasteiger partial charge >= 0.3 is 0 Å². The van der Waals surface area contributed by atoms with Crippen LogP contribution in [0, 0.1) is 0 Å². The fourth-order valence-electron chi connectivity index (χ4n) is 3.22. The largest absolute Gasteiger partial charge is 0.375 e. The van der Waals surface area contributed by atoms with Crippen LogP contribution in [0.25, 0.3) is 0 Å². The van der Waals surface area contributed by atoms with Gasteiger partial charge in [-0.1, -0.05) is 0 Å². The van der Waals surface area contributed by atoms with E-state index in [4.69, 9.17) is 4.74 Å². The molecule has 20 heavy (non-hydrogen) atoms. The summed E-state index contributed by atoms with van der Waals surface area (Å²) in [6.07, 6.45) is 7.45. The standard InChI is InChI=1S/C14H24N4OS/c1-18-11-16-17-13(18)2-6-15-12-3-7-19-14(10-12)4-8-20-9-5-14/h11-12,15H,2-10H2,1H3. The molecular weight excluding hydrogens is 272 g/mol. The van der Waals surface area contributed by atoms with Crippen LogP contribution in [-0.2, 0) is 18.2 Å². The lowest BCUT2D eigenvalue weighted by molar-refractivity contribution is -0.0930. The highest BCUT2D eigenvalue weighted by molar-refractivity contribution is 7.99. The molecule has 2 saturated heterocycles. The molecule has 5 nitrogen and oxygen atoms in total. The lowest BCUT2D eigenvalue weighted by Gasteiger charge is -2.43. The van der Waals surface area contributed by atoms with Crippen LogP contribution in [-0.4, -0.2) is 51.1 Å². The van der Waals surface area contributed by atoms with Crippen LogP contribution in [0.15, 0.2) is 6.33 Å². The first-order valence-corrected chi connectivity index (χ1v) is 8.71. The smallest absolute Gasteiger partial charge is 0.133 e. The topological polar surface area (TPSA) is 52.0 Å². The number of nitrogens with zero attached hydrogens (tertiary/aromatic N) is 3. The Balaban J connectivity index is 1.47. The Morgan fingerprint density at radius 3 is 3.10 bits per heavy atom. The van der Waals surface area contributed by atoms with Crippen molar-refractivity contribution in [1.29, 1.82) is 0 Å². The van der Waals surface area contributed by atoms with Gasteiger partial charge in [-0.15, -0.1) is 10.2 Å². The molecule has 2 aliphatic heterocycles. The second-order valence-corrected chi connectivity index (χ2v) is 7.12. The van der Waals surface area contributed by atoms with Crippen molar-refractivity contribution in [2.75, 3.05) is 24.7 Å². The summed E-state index contributed by atoms with van der Waals surface area (Å²) >= 11 is 2.06. The molecule has 1 N–H and O–H groups in total. The van der Waals surface area contributed by atoms with Crippen LogP contribution in [0.2, 0.25) is 0 Å². The zero-order valence-electron chi connectivity index (χ0n) is 12.2. The van der Waals surface area contributed by atoms with E-state index in [2.05, 4.69) is 27.3 Å². The summed E-state index contributed by atoms with van der Waals surface area (Å²) in [5.41, 5.74) is 0.173. The van der Waals surface area contributed by atoms with Crippen molar-refractivity contribution in [2.24, 2.45) is 7.05 Å². The van der Waals surface area contributed by atoms with Crippen molar-refractivity contribution in [3.63, 3.8) is 0 Å². The van der Waals surface area contributed by atoms with Gasteiger partial charge in [-0.25, -0.2) is 0 Å². The zero-order valence-corrected chi connectivity index (χ0v) is 13.0. The van der Waals surface area contributed by atoms with Crippen molar-refractivity contribution in [3.8, 4) is 0 Å². The molecular formula is C14H24N4OS. The molecule has 1 aromatic heterocycles. The second kappa shape index (κ2) is 6.45. The monoisotopic (exact) mass is 296 g/mol. The summed E-state index contributed by atoms with van der Waals surface area (Å²) in [4.78, 5) is 0. The van der Waals surface area contributed by atoms with Crippen molar-refractivity contribution >= 4 is 11.8 Å². The summed E-state index contributed by atoms with van der Waals surface area (Å²) in [6.45, 7) is 1.88. The number of aromatic nitrogens is 3. The zero-order chi connectivity index (χ0) is 13.8. The SMILES string of the molecule is Cn1cnnc1CCNC1CCOC2(CCSCC2)C1. The minimum atomic E-state index is 0.173. The average Bonchev–Trinajstić information content (AvgIpc) is 2.86. The Labute approximate surface area is 124 Å². The van der Waals surface area contributed by atoms with E-state index >= 15 is 0 Å². The first-order valence-electron chi connectivity index (χ1n) is 7.55. The van der Waals surface area contributed by atoms with E-state index in [-0.39, 0.29) is 5.60 Å². The number of rotatable bonds is 4. The van der Waals surface area contributed by atoms with Crippen LogP contribution >= 0.6 is 11.8 Å². The third-order valence-electron chi connectivity index (χ3n) is 4.48. The van der Waals surface area contributed by atoms with Gasteiger partial charge in [0.15, 0.2) is 0 Å². The quantitative estimate of drug-likeness (QED) is 0.910. The van der Waals surface area contributed by atoms with Gasteiger partial charge in [0.2, 0.25) is 0 Å². The molecule has 0 saturated carbocycles. The molecule has 1 spiro atoms. The van der Waals surface area contributed by atoms with E-state index in [0.717, 1.165) is 31.8 Å². The molecule has 0 bridgehead atoms. The van der Waals surface area contributed by atoms with Crippen LogP contribution in [0.3, 0.4) is 0 Å². The van der Waals surface area contributed by atoms with Crippen molar-refractivity contribution in [3.05, 3.63) is 12.2 Å². The second-order valence-electron chi connectivity index (χ2n) is 5.90. The molecule has 0 aliphatic carbocycles. The van der Waals surface area contributed by atoms with Crippen LogP contribution in [0.4, 0.5) is 0 Å². The van der Waals surface area contributed by atoms with E-state index < -0.39 is 0 Å². The molecule has 2 fully saturated rings. The molecule has 1 atom stereocenters. The molecule has 6 heteroatoms. The van der Waals surface area contributed by atoms with E-state index in [1.54, 1.807) is 6.33 Å². The Kier molecular flexibility index (Phi) is 4.63. The van der Waals surface area contributed by atoms with Crippen LogP contribution in [0.1, 0.15) is 31.5 Å². The number of nitrogens with one attached hydrogen (secondary N) is 1. The highest BCUT2D eigenvalue weighted by Gasteiger charge is 2.38. The first kappa shape index (κ1) is 14.4. The maximum Gasteiger partial charge on any atom is 0.133 e. The Morgan fingerprint density at radius 2 is 2.35 bits per heavy atom. The molecule has 2 aliphatic rings. The van der Waals surface area contributed by atoms with Crippen molar-refractivity contribution < 1.29 is 4.74 Å². The normalized spacial score (nSPS) is 25.9. The highest BCUT2D eigenvalue weighted by Crippen LogP contribution is 2.37. The lowest BCUT2D eigenvalue weighted by atomic mass is 9.85. The van der Waals surface area contributed by atoms with E-state index in [0.29, 0.717) is 6.04 Å². The van der Waals surface area contributed by atoms with Gasteiger partial charge in [0.25, 0.3) is 0 Å². The minimum absolute atomic E-state index is 0.173. The molecule has 1 unspecified atom stereocenters. The maximum atomic E-state index is 6.13. The van der Waals surface area contributed by atoms with Crippen LogP contribution in [0.5, 0.6) is 0 Å². The highest BCUT2D eigenvalue weighted by atomic mass is 32.2. The number of thioether (sulfide) groups is 1. The van der Waals surface area contributed by atoms with Gasteiger partial charge in [-0.3, -0.25) is 0 Å². The number of hydrogen-bond acceptors (Lipinski definition) is 5. The van der Waals surface area contributed by atoms with E-state index in [9.17, 15) is 0 Å². The molecule has 0 radical (unpaired) electrons. The molecule has 0 aromatic carbocycles. The van der Waals surface area contributed by atoms with Gasteiger partial charge in [-0.05, 0) is 37.2 Å². The summed E-state index contributed by atoms with van der Waals surface area (Å²) in [5.74, 6) is 3.56. The number of aryl methyl sites for hydroxylation is 1. The molecule has 3 rings (SSSR count). The van der Waals surface area contributed by atoms with Gasteiger partial charge in [0, 0.05) is 32.7 Å². The summed E-state index contributed by atoms with van der Waals surface area (Å²) < 4.78 is 8.12. The fourth-order valence-corrected chi connectivity index (χ4v) is 4.45. The summed E-state index contributed by atoms with van der Waals surface area (Å²) in [7, 11) is 2.00. The van der Waals surface area contributed by atoms with Crippen molar-refractivity contribution in [1.82, 2.24) is 20.1 Å². The molecule has 3 heterocycles. The lowest BCUT2D eigenvalue weighted by Crippen LogP contribution is -2.49. The van der Waals surface area contributed by atoms with Gasteiger partial charge in [0.05, 0.1) is 5.60 Å². The minimum Gasteiger partial charge on any atom is -0.375 e. The van der Waals surface area contributed by atoms with Crippen molar-refractivity contribution in [2.45, 2.75) is 43.7 Å². The van der Waals surface area contributed by atoms with Gasteiger partial charge in [-0.2, -0.15) is 11.8 Å². The van der Waals surface area contributed by atoms with Gasteiger partial charge in [0.1, 0.15) is 12.2 Å².